The van der Waals surface area contributed by atoms with E-state index in [1.54, 1.807) is 21.8 Å². The van der Waals surface area contributed by atoms with Gasteiger partial charge in [-0.15, -0.1) is 0 Å². The minimum absolute atomic E-state index is 0.0263. The lowest BCUT2D eigenvalue weighted by molar-refractivity contribution is -0.384. The zero-order chi connectivity index (χ0) is 17.6. The third-order valence-corrected chi connectivity index (χ3v) is 4.44. The van der Waals surface area contributed by atoms with E-state index in [0.29, 0.717) is 29.7 Å². The van der Waals surface area contributed by atoms with Gasteiger partial charge in [-0.05, 0) is 30.5 Å². The molecule has 6 nitrogen and oxygen atoms in total. The first-order chi connectivity index (χ1) is 12.0. The second-order valence-corrected chi connectivity index (χ2v) is 6.05. The number of hydrogen-bond donors (Lipinski definition) is 0. The van der Waals surface area contributed by atoms with Crippen LogP contribution in [0.3, 0.4) is 0 Å². The average Bonchev–Trinajstić information content (AvgIpc) is 2.96. The highest BCUT2D eigenvalue weighted by Gasteiger charge is 2.23. The number of nitro benzene ring substituents is 1. The Kier molecular flexibility index (Phi) is 3.60. The Morgan fingerprint density at radius 2 is 2.08 bits per heavy atom. The van der Waals surface area contributed by atoms with E-state index in [-0.39, 0.29) is 12.4 Å². The van der Waals surface area contributed by atoms with E-state index in [9.17, 15) is 18.9 Å². The van der Waals surface area contributed by atoms with Gasteiger partial charge in [0, 0.05) is 30.1 Å². The maximum Gasteiger partial charge on any atom is 0.271 e. The van der Waals surface area contributed by atoms with Gasteiger partial charge >= 0.3 is 0 Å². The smallest absolute Gasteiger partial charge is 0.271 e. The number of nitrogens with zero attached hydrogens (tertiary/aromatic N) is 4. The molecule has 0 unspecified atom stereocenters. The first-order valence-corrected chi connectivity index (χ1v) is 7.86. The van der Waals surface area contributed by atoms with Gasteiger partial charge in [0.25, 0.3) is 5.69 Å². The highest BCUT2D eigenvalue weighted by Crippen LogP contribution is 2.32. The summed E-state index contributed by atoms with van der Waals surface area (Å²) < 4.78 is 29.3. The van der Waals surface area contributed by atoms with Crippen molar-refractivity contribution in [3.63, 3.8) is 0 Å². The van der Waals surface area contributed by atoms with Gasteiger partial charge in [-0.1, -0.05) is 0 Å². The predicted molar refractivity (Wildman–Crippen MR) is 88.4 cm³/mol. The molecule has 0 saturated heterocycles. The largest absolute Gasteiger partial charge is 0.349 e. The van der Waals surface area contributed by atoms with Crippen LogP contribution >= 0.6 is 0 Å². The van der Waals surface area contributed by atoms with Crippen molar-refractivity contribution in [2.75, 3.05) is 11.4 Å². The number of aromatic nitrogens is 2. The molecule has 0 N–H and O–H groups in total. The topological polar surface area (TPSA) is 64.2 Å². The Hall–Kier alpha value is -3.03. The molecule has 0 aliphatic carbocycles. The van der Waals surface area contributed by atoms with Crippen molar-refractivity contribution in [1.82, 2.24) is 9.78 Å². The summed E-state index contributed by atoms with van der Waals surface area (Å²) >= 11 is 0. The summed E-state index contributed by atoms with van der Waals surface area (Å²) in [6.45, 7) is 0.839. The molecule has 3 aromatic rings. The Morgan fingerprint density at radius 1 is 1.24 bits per heavy atom. The summed E-state index contributed by atoms with van der Waals surface area (Å²) in [4.78, 5) is 12.3. The second-order valence-electron chi connectivity index (χ2n) is 6.05. The molecule has 128 valence electrons. The average molecular weight is 344 g/mol. The second kappa shape index (κ2) is 5.80. The Labute approximate surface area is 141 Å². The molecule has 0 radical (unpaired) electrons. The lowest BCUT2D eigenvalue weighted by Gasteiger charge is -2.31. The maximum atomic E-state index is 14.3. The minimum atomic E-state index is -0.600. The molecule has 8 heteroatoms. The molecule has 2 heterocycles. The number of nitro groups is 1. The number of halogens is 2. The zero-order valence-electron chi connectivity index (χ0n) is 13.2. The van der Waals surface area contributed by atoms with E-state index in [1.165, 1.54) is 18.2 Å². The SMILES string of the molecule is O=[N+]([O-])c1ccc2cnn(CN3CCCc4cc(F)cc(F)c43)c2c1. The van der Waals surface area contributed by atoms with Gasteiger partial charge in [0.1, 0.15) is 18.3 Å². The van der Waals surface area contributed by atoms with Gasteiger partial charge in [-0.3, -0.25) is 10.1 Å². The fourth-order valence-electron chi connectivity index (χ4n) is 3.32. The summed E-state index contributed by atoms with van der Waals surface area (Å²) in [5.41, 5.74) is 1.58. The number of benzene rings is 2. The summed E-state index contributed by atoms with van der Waals surface area (Å²) in [6, 6.07) is 6.75. The van der Waals surface area contributed by atoms with Crippen LogP contribution in [0.1, 0.15) is 12.0 Å². The van der Waals surface area contributed by atoms with E-state index in [2.05, 4.69) is 5.10 Å². The summed E-state index contributed by atoms with van der Waals surface area (Å²) in [5.74, 6) is -1.18. The molecular weight excluding hydrogens is 330 g/mol. The first kappa shape index (κ1) is 15.5. The van der Waals surface area contributed by atoms with Gasteiger partial charge in [-0.2, -0.15) is 5.10 Å². The molecule has 1 aliphatic heterocycles. The number of rotatable bonds is 3. The third-order valence-electron chi connectivity index (χ3n) is 4.44. The van der Waals surface area contributed by atoms with Crippen molar-refractivity contribution in [3.8, 4) is 0 Å². The third kappa shape index (κ3) is 2.69. The quantitative estimate of drug-likeness (QED) is 0.538. The Balaban J connectivity index is 1.74. The van der Waals surface area contributed by atoms with Crippen molar-refractivity contribution >= 4 is 22.3 Å². The fraction of sp³-hybridized carbons (Fsp3) is 0.235. The van der Waals surface area contributed by atoms with Gasteiger partial charge < -0.3 is 4.90 Å². The molecular formula is C17H14F2N4O2. The van der Waals surface area contributed by atoms with Crippen LogP contribution in [0.2, 0.25) is 0 Å². The van der Waals surface area contributed by atoms with Crippen LogP contribution in [0.5, 0.6) is 0 Å². The number of hydrogen-bond acceptors (Lipinski definition) is 4. The van der Waals surface area contributed by atoms with Crippen molar-refractivity contribution in [3.05, 3.63) is 63.8 Å². The summed E-state index contributed by atoms with van der Waals surface area (Å²) in [7, 11) is 0. The Bertz CT molecular complexity index is 986. The van der Waals surface area contributed by atoms with Crippen LogP contribution < -0.4 is 4.90 Å². The molecule has 2 aromatic carbocycles. The van der Waals surface area contributed by atoms with Crippen LogP contribution in [0.4, 0.5) is 20.2 Å². The predicted octanol–water partition coefficient (Wildman–Crippen LogP) is 3.63. The van der Waals surface area contributed by atoms with Crippen LogP contribution in [-0.4, -0.2) is 21.2 Å². The summed E-state index contributed by atoms with van der Waals surface area (Å²) in [6.07, 6.45) is 3.01. The molecule has 4 rings (SSSR count). The fourth-order valence-corrected chi connectivity index (χ4v) is 3.32. The van der Waals surface area contributed by atoms with Crippen molar-refractivity contribution < 1.29 is 13.7 Å². The lowest BCUT2D eigenvalue weighted by atomic mass is 10.0. The van der Waals surface area contributed by atoms with Crippen molar-refractivity contribution in [1.29, 1.82) is 0 Å². The van der Waals surface area contributed by atoms with E-state index in [4.69, 9.17) is 0 Å². The maximum absolute atomic E-state index is 14.3. The Morgan fingerprint density at radius 3 is 2.88 bits per heavy atom. The number of anilines is 1. The van der Waals surface area contributed by atoms with Gasteiger partial charge in [0.15, 0.2) is 0 Å². The number of fused-ring (bicyclic) bond motifs is 2. The van der Waals surface area contributed by atoms with E-state index < -0.39 is 16.6 Å². The standard InChI is InChI=1S/C17H14F2N4O2/c18-13-6-11-2-1-5-21(17(11)15(19)7-13)10-22-16-8-14(23(24)25)4-3-12(16)9-20-22/h3-4,6-9H,1-2,5,10H2. The summed E-state index contributed by atoms with van der Waals surface area (Å²) in [5, 5.41) is 16.0. The first-order valence-electron chi connectivity index (χ1n) is 7.86. The number of non-ortho nitro benzene ring substituents is 1. The van der Waals surface area contributed by atoms with Gasteiger partial charge in [0.2, 0.25) is 0 Å². The van der Waals surface area contributed by atoms with Crippen LogP contribution in [0.25, 0.3) is 10.9 Å². The normalized spacial score (nSPS) is 13.9. The lowest BCUT2D eigenvalue weighted by Crippen LogP contribution is -2.32. The van der Waals surface area contributed by atoms with E-state index >= 15 is 0 Å². The molecule has 0 saturated carbocycles. The molecule has 0 atom stereocenters. The van der Waals surface area contributed by atoms with Crippen molar-refractivity contribution in [2.24, 2.45) is 0 Å². The van der Waals surface area contributed by atoms with Crippen LogP contribution in [0, 0.1) is 21.7 Å². The van der Waals surface area contributed by atoms with E-state index in [0.717, 1.165) is 17.9 Å². The molecule has 0 fully saturated rings. The highest BCUT2D eigenvalue weighted by molar-refractivity contribution is 5.81. The van der Waals surface area contributed by atoms with Crippen molar-refractivity contribution in [2.45, 2.75) is 19.5 Å². The zero-order valence-corrected chi connectivity index (χ0v) is 13.2. The minimum Gasteiger partial charge on any atom is -0.349 e. The molecule has 1 aromatic heterocycles. The molecule has 0 amide bonds. The van der Waals surface area contributed by atoms with Crippen LogP contribution in [0.15, 0.2) is 36.5 Å². The molecule has 1 aliphatic rings. The number of aryl methyl sites for hydroxylation is 1. The highest BCUT2D eigenvalue weighted by atomic mass is 19.1. The monoisotopic (exact) mass is 344 g/mol. The van der Waals surface area contributed by atoms with E-state index in [1.807, 2.05) is 0 Å². The van der Waals surface area contributed by atoms with Gasteiger partial charge in [0.05, 0.1) is 22.3 Å². The molecule has 0 spiro atoms. The van der Waals surface area contributed by atoms with Gasteiger partial charge in [-0.25, -0.2) is 13.5 Å². The molecule has 25 heavy (non-hydrogen) atoms. The molecule has 0 bridgehead atoms. The van der Waals surface area contributed by atoms with Crippen LogP contribution in [-0.2, 0) is 13.1 Å².